The van der Waals surface area contributed by atoms with Gasteiger partial charge in [-0.05, 0) is 103 Å². The van der Waals surface area contributed by atoms with Crippen molar-refractivity contribution in [3.05, 3.63) is 109 Å². The van der Waals surface area contributed by atoms with Crippen LogP contribution in [0.2, 0.25) is 0 Å². The summed E-state index contributed by atoms with van der Waals surface area (Å²) in [7, 11) is 0. The molecule has 0 saturated carbocycles. The summed E-state index contributed by atoms with van der Waals surface area (Å²) >= 11 is 0. The van der Waals surface area contributed by atoms with Crippen LogP contribution in [0.5, 0.6) is 0 Å². The van der Waals surface area contributed by atoms with Crippen LogP contribution < -0.4 is 5.32 Å². The monoisotopic (exact) mass is 1090 g/mol. The number of allylic oxidation sites excluding steroid dienone is 17. The van der Waals surface area contributed by atoms with Gasteiger partial charge in [0.25, 0.3) is 0 Å². The average Bonchev–Trinajstić information content (AvgIpc) is 3.44. The van der Waals surface area contributed by atoms with Gasteiger partial charge in [-0.15, -0.1) is 0 Å². The lowest BCUT2D eigenvalue weighted by Crippen LogP contribution is -2.61. The molecule has 0 radical (unpaired) electrons. The molecule has 8 atom stereocenters. The first kappa shape index (κ1) is 72.3. The normalized spacial score (nSPS) is 19.7. The molecule has 1 saturated heterocycles. The molecular formula is C67H113NO10. The number of ether oxygens (including phenoxy) is 3. The standard InChI is InChI=1S/C67H113NO10/c1-4-7-10-13-16-19-22-25-26-27-28-29-30-31-32-33-34-37-40-43-46-49-52-55-62(72)78-65-64(74)63(73)61(56-69)77-67(65)76-57-58(59(70)53-50-47-44-41-38-35-23-20-17-14-11-8-5-2)68-66(75)60(71)54-51-48-45-42-39-36-24-21-18-15-12-9-6-3/h7,9-10,12,16,18-19,21,25-26,28-29,31-32,34,37,50,53,58-61,63-65,67,69-71,73-74H,4-6,8,11,13-15,17,20,22-24,27,30,33,35-36,38-49,51-52,54-57H2,1-3H3,(H,68,75)/b10-7-,12-9+,19-16-,21-18+,26-25-,29-28-,32-31-,37-34-,53-50+. The SMILES string of the molecule is CC/C=C\C/C=C\C/C=C\C/C=C\C/C=C\C/C=C\CCCCCCC(=O)OC1C(OCC(NC(=O)C(O)CCCCCCCC/C=C/C/C=C/CC)C(O)/C=C/CCCCCCCCCCCCC)OC(CO)C(O)C1O. The van der Waals surface area contributed by atoms with E-state index in [1.54, 1.807) is 6.08 Å². The smallest absolute Gasteiger partial charge is 0.306 e. The molecule has 0 spiro atoms. The zero-order valence-electron chi connectivity index (χ0n) is 49.2. The minimum atomic E-state index is -1.63. The van der Waals surface area contributed by atoms with E-state index in [9.17, 15) is 35.1 Å². The highest BCUT2D eigenvalue weighted by Gasteiger charge is 2.47. The van der Waals surface area contributed by atoms with Crippen molar-refractivity contribution in [2.45, 2.75) is 288 Å². The van der Waals surface area contributed by atoms with Gasteiger partial charge >= 0.3 is 5.97 Å². The van der Waals surface area contributed by atoms with Crippen molar-refractivity contribution < 1.29 is 49.3 Å². The number of hydrogen-bond acceptors (Lipinski definition) is 10. The molecule has 1 heterocycles. The predicted octanol–water partition coefficient (Wildman–Crippen LogP) is 14.9. The largest absolute Gasteiger partial charge is 0.454 e. The maximum absolute atomic E-state index is 13.4. The third-order valence-corrected chi connectivity index (χ3v) is 13.9. The number of amides is 1. The molecule has 1 aliphatic heterocycles. The Labute approximate surface area is 475 Å². The van der Waals surface area contributed by atoms with Gasteiger partial charge in [-0.25, -0.2) is 0 Å². The topological polar surface area (TPSA) is 175 Å². The number of carbonyl (C=O) groups excluding carboxylic acids is 2. The van der Waals surface area contributed by atoms with E-state index in [1.807, 2.05) is 6.08 Å². The summed E-state index contributed by atoms with van der Waals surface area (Å²) in [6, 6.07) is -1.04. The van der Waals surface area contributed by atoms with Gasteiger partial charge in [-0.2, -0.15) is 0 Å². The molecule has 0 aliphatic carbocycles. The van der Waals surface area contributed by atoms with Crippen molar-refractivity contribution in [2.75, 3.05) is 13.2 Å². The molecule has 78 heavy (non-hydrogen) atoms. The molecule has 1 amide bonds. The Kier molecular flexibility index (Phi) is 50.0. The number of hydrogen-bond donors (Lipinski definition) is 6. The first-order valence-electron chi connectivity index (χ1n) is 31.2. The first-order valence-corrected chi connectivity index (χ1v) is 31.2. The van der Waals surface area contributed by atoms with Crippen LogP contribution in [0.15, 0.2) is 109 Å². The molecule has 0 aromatic heterocycles. The average molecular weight is 1090 g/mol. The van der Waals surface area contributed by atoms with Crippen LogP contribution in [0.25, 0.3) is 0 Å². The van der Waals surface area contributed by atoms with E-state index in [4.69, 9.17) is 14.2 Å². The molecule has 446 valence electrons. The minimum absolute atomic E-state index is 0.0869. The molecule has 0 bridgehead atoms. The van der Waals surface area contributed by atoms with E-state index < -0.39 is 67.4 Å². The lowest BCUT2D eigenvalue weighted by atomic mass is 9.99. The molecule has 1 rings (SSSR count). The molecule has 11 heteroatoms. The number of carbonyl (C=O) groups is 2. The summed E-state index contributed by atoms with van der Waals surface area (Å²) in [4.78, 5) is 26.5. The van der Waals surface area contributed by atoms with Crippen LogP contribution in [0.4, 0.5) is 0 Å². The van der Waals surface area contributed by atoms with Crippen molar-refractivity contribution in [1.82, 2.24) is 5.32 Å². The summed E-state index contributed by atoms with van der Waals surface area (Å²) < 4.78 is 17.6. The fourth-order valence-corrected chi connectivity index (χ4v) is 9.04. The fourth-order valence-electron chi connectivity index (χ4n) is 9.04. The summed E-state index contributed by atoms with van der Waals surface area (Å²) in [5.41, 5.74) is 0. The van der Waals surface area contributed by atoms with Gasteiger partial charge in [0.15, 0.2) is 12.4 Å². The molecule has 8 unspecified atom stereocenters. The molecular weight excluding hydrogens is 979 g/mol. The summed E-state index contributed by atoms with van der Waals surface area (Å²) in [6.07, 6.45) is 62.6. The number of unbranched alkanes of at least 4 members (excludes halogenated alkanes) is 21. The zero-order chi connectivity index (χ0) is 56.8. The number of aliphatic hydroxyl groups is 5. The van der Waals surface area contributed by atoms with Crippen molar-refractivity contribution in [3.8, 4) is 0 Å². The van der Waals surface area contributed by atoms with Crippen LogP contribution in [-0.4, -0.2) is 99.6 Å². The minimum Gasteiger partial charge on any atom is -0.454 e. The quantitative estimate of drug-likeness (QED) is 0.0195. The summed E-state index contributed by atoms with van der Waals surface area (Å²) in [6.45, 7) is 5.54. The first-order chi connectivity index (χ1) is 38.2. The van der Waals surface area contributed by atoms with Crippen molar-refractivity contribution in [3.63, 3.8) is 0 Å². The van der Waals surface area contributed by atoms with Gasteiger partial charge in [-0.3, -0.25) is 9.59 Å². The molecule has 0 aromatic carbocycles. The maximum Gasteiger partial charge on any atom is 0.306 e. The molecule has 1 fully saturated rings. The van der Waals surface area contributed by atoms with Crippen LogP contribution in [0.3, 0.4) is 0 Å². The summed E-state index contributed by atoms with van der Waals surface area (Å²) in [5.74, 6) is -1.24. The number of esters is 1. The molecule has 11 nitrogen and oxygen atoms in total. The van der Waals surface area contributed by atoms with Gasteiger partial charge in [0.2, 0.25) is 5.91 Å². The highest BCUT2D eigenvalue weighted by atomic mass is 16.7. The number of rotatable bonds is 51. The van der Waals surface area contributed by atoms with Gasteiger partial charge in [0.05, 0.1) is 25.4 Å². The maximum atomic E-state index is 13.4. The molecule has 0 aromatic rings. The zero-order valence-corrected chi connectivity index (χ0v) is 49.2. The van der Waals surface area contributed by atoms with Crippen molar-refractivity contribution in [1.29, 1.82) is 0 Å². The highest BCUT2D eigenvalue weighted by Crippen LogP contribution is 2.26. The second-order valence-corrected chi connectivity index (χ2v) is 21.0. The second-order valence-electron chi connectivity index (χ2n) is 21.0. The Morgan fingerprint density at radius 3 is 1.38 bits per heavy atom. The van der Waals surface area contributed by atoms with Crippen LogP contribution >= 0.6 is 0 Å². The van der Waals surface area contributed by atoms with Crippen molar-refractivity contribution >= 4 is 11.9 Å². The Balaban J connectivity index is 2.69. The fraction of sp³-hybridized carbons (Fsp3) is 0.701. The lowest BCUT2D eigenvalue weighted by molar-refractivity contribution is -0.305. The van der Waals surface area contributed by atoms with E-state index >= 15 is 0 Å². The van der Waals surface area contributed by atoms with Crippen LogP contribution in [-0.2, 0) is 23.8 Å². The Hall–Kier alpha value is -3.68. The van der Waals surface area contributed by atoms with E-state index in [1.165, 1.54) is 57.8 Å². The molecule has 1 aliphatic rings. The van der Waals surface area contributed by atoms with E-state index in [-0.39, 0.29) is 19.4 Å². The van der Waals surface area contributed by atoms with Gasteiger partial charge in [0.1, 0.15) is 24.4 Å². The highest BCUT2D eigenvalue weighted by molar-refractivity contribution is 5.80. The van der Waals surface area contributed by atoms with Gasteiger partial charge in [0, 0.05) is 6.42 Å². The third kappa shape index (κ3) is 41.3. The third-order valence-electron chi connectivity index (χ3n) is 13.9. The van der Waals surface area contributed by atoms with Gasteiger partial charge < -0.3 is 45.1 Å². The van der Waals surface area contributed by atoms with Crippen LogP contribution in [0.1, 0.15) is 239 Å². The molecule has 6 N–H and O–H groups in total. The Morgan fingerprint density at radius 1 is 0.513 bits per heavy atom. The predicted molar refractivity (Wildman–Crippen MR) is 324 cm³/mol. The Morgan fingerprint density at radius 2 is 0.923 bits per heavy atom. The summed E-state index contributed by atoms with van der Waals surface area (Å²) in [5, 5.41) is 57.0. The Bertz CT molecular complexity index is 1680. The van der Waals surface area contributed by atoms with Crippen molar-refractivity contribution in [2.24, 2.45) is 0 Å². The lowest BCUT2D eigenvalue weighted by Gasteiger charge is -2.41. The second kappa shape index (κ2) is 53.9. The van der Waals surface area contributed by atoms with E-state index in [2.05, 4.69) is 123 Å². The van der Waals surface area contributed by atoms with E-state index in [0.29, 0.717) is 12.8 Å². The van der Waals surface area contributed by atoms with E-state index in [0.717, 1.165) is 135 Å². The number of aliphatic hydroxyl groups excluding tert-OH is 5. The van der Waals surface area contributed by atoms with Crippen LogP contribution in [0, 0.1) is 0 Å². The number of nitrogens with one attached hydrogen (secondary N) is 1. The van der Waals surface area contributed by atoms with Gasteiger partial charge in [-0.1, -0.05) is 239 Å².